The van der Waals surface area contributed by atoms with Crippen LogP contribution in [0.3, 0.4) is 0 Å². The van der Waals surface area contributed by atoms with E-state index in [1.54, 1.807) is 0 Å². The van der Waals surface area contributed by atoms with E-state index in [-0.39, 0.29) is 12.0 Å². The van der Waals surface area contributed by atoms with Gasteiger partial charge in [-0.05, 0) is 32.7 Å². The van der Waals surface area contributed by atoms with Crippen molar-refractivity contribution < 1.29 is 9.53 Å². The second-order valence-corrected chi connectivity index (χ2v) is 6.04. The summed E-state index contributed by atoms with van der Waals surface area (Å²) in [5.74, 6) is 0.280. The first kappa shape index (κ1) is 15.7. The minimum atomic E-state index is 0.213. The average molecular weight is 283 g/mol. The molecular formula is C15H29N3O2. The summed E-state index contributed by atoms with van der Waals surface area (Å²) < 4.78 is 5.69. The van der Waals surface area contributed by atoms with Crippen LogP contribution in [0.2, 0.25) is 0 Å². The number of likely N-dealkylation sites (N-methyl/N-ethyl adjacent to an activating group) is 1. The molecule has 2 heterocycles. The molecule has 2 aliphatic rings. The van der Waals surface area contributed by atoms with Crippen LogP contribution in [-0.4, -0.2) is 74.2 Å². The van der Waals surface area contributed by atoms with Crippen LogP contribution < -0.4 is 5.32 Å². The SMILES string of the molecule is CCC1CCCCN1C(=O)CN(C)CC1CNCCO1. The summed E-state index contributed by atoms with van der Waals surface area (Å²) in [5.41, 5.74) is 0. The molecule has 0 aromatic rings. The number of carbonyl (C=O) groups is 1. The molecule has 0 radical (unpaired) electrons. The molecule has 2 unspecified atom stereocenters. The summed E-state index contributed by atoms with van der Waals surface area (Å²) in [4.78, 5) is 16.6. The molecule has 2 rings (SSSR count). The number of hydrogen-bond acceptors (Lipinski definition) is 4. The van der Waals surface area contributed by atoms with E-state index in [9.17, 15) is 4.79 Å². The van der Waals surface area contributed by atoms with E-state index >= 15 is 0 Å². The van der Waals surface area contributed by atoms with Crippen LogP contribution in [0, 0.1) is 0 Å². The van der Waals surface area contributed by atoms with Crippen molar-refractivity contribution in [2.45, 2.75) is 44.8 Å². The predicted octanol–water partition coefficient (Wildman–Crippen LogP) is 0.698. The Morgan fingerprint density at radius 2 is 2.30 bits per heavy atom. The number of piperidine rings is 1. The Morgan fingerprint density at radius 1 is 1.45 bits per heavy atom. The Balaban J connectivity index is 1.77. The molecule has 2 saturated heterocycles. The molecule has 1 N–H and O–H groups in total. The molecule has 0 bridgehead atoms. The third kappa shape index (κ3) is 4.43. The van der Waals surface area contributed by atoms with Gasteiger partial charge in [-0.25, -0.2) is 0 Å². The maximum Gasteiger partial charge on any atom is 0.236 e. The van der Waals surface area contributed by atoms with Crippen LogP contribution in [0.5, 0.6) is 0 Å². The third-order valence-corrected chi connectivity index (χ3v) is 4.34. The zero-order valence-electron chi connectivity index (χ0n) is 12.9. The molecule has 0 saturated carbocycles. The highest BCUT2D eigenvalue weighted by Crippen LogP contribution is 2.19. The first-order valence-electron chi connectivity index (χ1n) is 8.01. The molecule has 0 spiro atoms. The van der Waals surface area contributed by atoms with E-state index in [4.69, 9.17) is 4.74 Å². The van der Waals surface area contributed by atoms with Crippen LogP contribution in [0.1, 0.15) is 32.6 Å². The minimum Gasteiger partial charge on any atom is -0.374 e. The topological polar surface area (TPSA) is 44.8 Å². The highest BCUT2D eigenvalue weighted by Gasteiger charge is 2.26. The molecule has 1 amide bonds. The zero-order valence-corrected chi connectivity index (χ0v) is 12.9. The summed E-state index contributed by atoms with van der Waals surface area (Å²) >= 11 is 0. The highest BCUT2D eigenvalue weighted by atomic mass is 16.5. The number of carbonyl (C=O) groups excluding carboxylic acids is 1. The predicted molar refractivity (Wildman–Crippen MR) is 79.7 cm³/mol. The molecule has 2 aliphatic heterocycles. The molecular weight excluding hydrogens is 254 g/mol. The number of rotatable bonds is 5. The van der Waals surface area contributed by atoms with Crippen molar-refractivity contribution in [3.05, 3.63) is 0 Å². The summed E-state index contributed by atoms with van der Waals surface area (Å²) in [6, 6.07) is 0.456. The first-order chi connectivity index (χ1) is 9.70. The van der Waals surface area contributed by atoms with E-state index in [0.717, 1.165) is 45.6 Å². The summed E-state index contributed by atoms with van der Waals surface area (Å²) in [7, 11) is 2.01. The lowest BCUT2D eigenvalue weighted by Crippen LogP contribution is -2.49. The van der Waals surface area contributed by atoms with Gasteiger partial charge in [0, 0.05) is 32.2 Å². The normalized spacial score (nSPS) is 27.9. The smallest absolute Gasteiger partial charge is 0.236 e. The van der Waals surface area contributed by atoms with Crippen molar-refractivity contribution >= 4 is 5.91 Å². The third-order valence-electron chi connectivity index (χ3n) is 4.34. The molecule has 2 atom stereocenters. The van der Waals surface area contributed by atoms with Crippen molar-refractivity contribution in [3.63, 3.8) is 0 Å². The average Bonchev–Trinajstić information content (AvgIpc) is 2.48. The fourth-order valence-corrected chi connectivity index (χ4v) is 3.22. The fourth-order valence-electron chi connectivity index (χ4n) is 3.22. The van der Waals surface area contributed by atoms with Gasteiger partial charge in [-0.15, -0.1) is 0 Å². The molecule has 5 heteroatoms. The van der Waals surface area contributed by atoms with Gasteiger partial charge in [0.1, 0.15) is 0 Å². The maximum absolute atomic E-state index is 12.4. The number of likely N-dealkylation sites (tertiary alicyclic amines) is 1. The molecule has 116 valence electrons. The lowest BCUT2D eigenvalue weighted by molar-refractivity contribution is -0.136. The van der Waals surface area contributed by atoms with Crippen molar-refractivity contribution in [1.82, 2.24) is 15.1 Å². The van der Waals surface area contributed by atoms with Gasteiger partial charge in [0.25, 0.3) is 0 Å². The number of ether oxygens (including phenoxy) is 1. The minimum absolute atomic E-state index is 0.213. The van der Waals surface area contributed by atoms with Crippen LogP contribution >= 0.6 is 0 Å². The summed E-state index contributed by atoms with van der Waals surface area (Å²) in [6.07, 6.45) is 4.87. The van der Waals surface area contributed by atoms with Crippen molar-refractivity contribution in [3.8, 4) is 0 Å². The van der Waals surface area contributed by atoms with Gasteiger partial charge in [0.2, 0.25) is 5.91 Å². The number of hydrogen-bond donors (Lipinski definition) is 1. The zero-order chi connectivity index (χ0) is 14.4. The fraction of sp³-hybridized carbons (Fsp3) is 0.933. The standard InChI is InChI=1S/C15H29N3O2/c1-3-13-6-4-5-8-18(13)15(19)12-17(2)11-14-10-16-7-9-20-14/h13-14,16H,3-12H2,1-2H3. The number of amides is 1. The molecule has 0 aromatic heterocycles. The quantitative estimate of drug-likeness (QED) is 0.807. The Hall–Kier alpha value is -0.650. The van der Waals surface area contributed by atoms with Gasteiger partial charge < -0.3 is 15.0 Å². The lowest BCUT2D eigenvalue weighted by Gasteiger charge is -2.36. The number of nitrogens with one attached hydrogen (secondary N) is 1. The van der Waals surface area contributed by atoms with Gasteiger partial charge in [-0.1, -0.05) is 6.92 Å². The largest absolute Gasteiger partial charge is 0.374 e. The van der Waals surface area contributed by atoms with Gasteiger partial charge in [0.05, 0.1) is 19.3 Å². The van der Waals surface area contributed by atoms with Crippen LogP contribution in [0.4, 0.5) is 0 Å². The van der Waals surface area contributed by atoms with Gasteiger partial charge >= 0.3 is 0 Å². The van der Waals surface area contributed by atoms with Gasteiger partial charge in [0.15, 0.2) is 0 Å². The van der Waals surface area contributed by atoms with E-state index in [0.29, 0.717) is 12.6 Å². The summed E-state index contributed by atoms with van der Waals surface area (Å²) in [5, 5.41) is 3.33. The maximum atomic E-state index is 12.4. The Bertz CT molecular complexity index is 305. The van der Waals surface area contributed by atoms with Gasteiger partial charge in [-0.2, -0.15) is 0 Å². The van der Waals surface area contributed by atoms with Crippen LogP contribution in [0.15, 0.2) is 0 Å². The van der Waals surface area contributed by atoms with E-state index < -0.39 is 0 Å². The van der Waals surface area contributed by atoms with Crippen molar-refractivity contribution in [1.29, 1.82) is 0 Å². The van der Waals surface area contributed by atoms with E-state index in [1.165, 1.54) is 12.8 Å². The monoisotopic (exact) mass is 283 g/mol. The first-order valence-corrected chi connectivity index (χ1v) is 8.01. The highest BCUT2D eigenvalue weighted by molar-refractivity contribution is 5.78. The van der Waals surface area contributed by atoms with E-state index in [1.807, 2.05) is 7.05 Å². The molecule has 0 aliphatic carbocycles. The Labute approximate surface area is 122 Å². The van der Waals surface area contributed by atoms with Crippen molar-refractivity contribution in [2.24, 2.45) is 0 Å². The van der Waals surface area contributed by atoms with Crippen molar-refractivity contribution in [2.75, 3.05) is 46.4 Å². The van der Waals surface area contributed by atoms with Crippen LogP contribution in [-0.2, 0) is 9.53 Å². The second kappa shape index (κ2) is 7.96. The van der Waals surface area contributed by atoms with Gasteiger partial charge in [-0.3, -0.25) is 9.69 Å². The summed E-state index contributed by atoms with van der Waals surface area (Å²) in [6.45, 7) is 7.05. The Morgan fingerprint density at radius 3 is 3.00 bits per heavy atom. The lowest BCUT2D eigenvalue weighted by atomic mass is 10.00. The van der Waals surface area contributed by atoms with E-state index in [2.05, 4.69) is 22.0 Å². The Kier molecular flexibility index (Phi) is 6.26. The molecule has 2 fully saturated rings. The second-order valence-electron chi connectivity index (χ2n) is 6.04. The molecule has 20 heavy (non-hydrogen) atoms. The van der Waals surface area contributed by atoms with Crippen LogP contribution in [0.25, 0.3) is 0 Å². The number of morpholine rings is 1. The number of nitrogens with zero attached hydrogens (tertiary/aromatic N) is 2. The molecule has 5 nitrogen and oxygen atoms in total. The molecule has 0 aromatic carbocycles.